The van der Waals surface area contributed by atoms with Crippen LogP contribution in [0, 0.1) is 6.92 Å². The fourth-order valence-electron chi connectivity index (χ4n) is 2.58. The molecule has 1 N–H and O–H groups in total. The quantitative estimate of drug-likeness (QED) is 0.474. The number of anilines is 1. The standard InChI is InChI=1S/C22H27NO3/c1-3-4-7-16-26-19-12-10-18(11-13-19)21(24)14-15-22(25)23-20-9-6-5-8-17(20)2/h5-6,8-13H,3-4,7,14-16H2,1-2H3,(H,23,25). The van der Waals surface area contributed by atoms with Gasteiger partial charge >= 0.3 is 0 Å². The lowest BCUT2D eigenvalue weighted by atomic mass is 10.1. The van der Waals surface area contributed by atoms with E-state index in [1.165, 1.54) is 0 Å². The van der Waals surface area contributed by atoms with Gasteiger partial charge in [-0.25, -0.2) is 0 Å². The molecule has 0 radical (unpaired) electrons. The van der Waals surface area contributed by atoms with E-state index in [2.05, 4.69) is 12.2 Å². The molecule has 0 aliphatic carbocycles. The van der Waals surface area contributed by atoms with Crippen LogP contribution in [0.2, 0.25) is 0 Å². The van der Waals surface area contributed by atoms with Gasteiger partial charge in [0.25, 0.3) is 0 Å². The third-order valence-electron chi connectivity index (χ3n) is 4.19. The van der Waals surface area contributed by atoms with Crippen LogP contribution in [0.5, 0.6) is 5.75 Å². The van der Waals surface area contributed by atoms with E-state index in [1.807, 2.05) is 43.3 Å². The number of benzene rings is 2. The Kier molecular flexibility index (Phi) is 7.87. The van der Waals surface area contributed by atoms with Gasteiger partial charge in [-0.3, -0.25) is 9.59 Å². The zero-order valence-electron chi connectivity index (χ0n) is 15.6. The maximum absolute atomic E-state index is 12.3. The summed E-state index contributed by atoms with van der Waals surface area (Å²) in [5.41, 5.74) is 2.39. The number of carbonyl (C=O) groups excluding carboxylic acids is 2. The van der Waals surface area contributed by atoms with Gasteiger partial charge in [0, 0.05) is 24.1 Å². The molecule has 0 atom stereocenters. The van der Waals surface area contributed by atoms with Crippen molar-refractivity contribution in [3.8, 4) is 5.75 Å². The summed E-state index contributed by atoms with van der Waals surface area (Å²) in [6, 6.07) is 14.7. The van der Waals surface area contributed by atoms with E-state index in [4.69, 9.17) is 4.74 Å². The second-order valence-electron chi connectivity index (χ2n) is 6.37. The predicted octanol–water partition coefficient (Wildman–Crippen LogP) is 5.17. The smallest absolute Gasteiger partial charge is 0.224 e. The van der Waals surface area contributed by atoms with Gasteiger partial charge in [0.15, 0.2) is 5.78 Å². The third-order valence-corrected chi connectivity index (χ3v) is 4.19. The number of ketones is 1. The number of carbonyl (C=O) groups is 2. The first-order valence-electron chi connectivity index (χ1n) is 9.21. The molecule has 138 valence electrons. The lowest BCUT2D eigenvalue weighted by Crippen LogP contribution is -2.14. The molecule has 26 heavy (non-hydrogen) atoms. The highest BCUT2D eigenvalue weighted by atomic mass is 16.5. The maximum Gasteiger partial charge on any atom is 0.224 e. The Hall–Kier alpha value is -2.62. The molecule has 0 saturated heterocycles. The minimum atomic E-state index is -0.150. The lowest BCUT2D eigenvalue weighted by molar-refractivity contribution is -0.116. The maximum atomic E-state index is 12.3. The molecule has 0 bridgehead atoms. The summed E-state index contributed by atoms with van der Waals surface area (Å²) in [5.74, 6) is 0.584. The van der Waals surface area contributed by atoms with Crippen molar-refractivity contribution in [2.24, 2.45) is 0 Å². The van der Waals surface area contributed by atoms with Gasteiger partial charge in [-0.2, -0.15) is 0 Å². The molecule has 0 aliphatic rings. The van der Waals surface area contributed by atoms with Crippen molar-refractivity contribution in [2.45, 2.75) is 46.0 Å². The van der Waals surface area contributed by atoms with E-state index in [9.17, 15) is 9.59 Å². The summed E-state index contributed by atoms with van der Waals surface area (Å²) >= 11 is 0. The lowest BCUT2D eigenvalue weighted by Gasteiger charge is -2.08. The minimum Gasteiger partial charge on any atom is -0.494 e. The van der Waals surface area contributed by atoms with Gasteiger partial charge in [-0.1, -0.05) is 38.0 Å². The number of hydrogen-bond donors (Lipinski definition) is 1. The Morgan fingerprint density at radius 3 is 2.38 bits per heavy atom. The summed E-state index contributed by atoms with van der Waals surface area (Å²) in [6.07, 6.45) is 3.71. The van der Waals surface area contributed by atoms with E-state index in [-0.39, 0.29) is 24.5 Å². The molecular weight excluding hydrogens is 326 g/mol. The van der Waals surface area contributed by atoms with Crippen LogP contribution in [0.3, 0.4) is 0 Å². The first-order chi connectivity index (χ1) is 12.6. The molecule has 0 aliphatic heterocycles. The van der Waals surface area contributed by atoms with Crippen LogP contribution in [-0.2, 0) is 4.79 Å². The Labute approximate surface area is 155 Å². The first-order valence-corrected chi connectivity index (χ1v) is 9.21. The third kappa shape index (κ3) is 6.36. The van der Waals surface area contributed by atoms with Gasteiger partial charge in [-0.05, 0) is 49.2 Å². The Morgan fingerprint density at radius 1 is 0.962 bits per heavy atom. The number of nitrogens with one attached hydrogen (secondary N) is 1. The van der Waals surface area contributed by atoms with Crippen molar-refractivity contribution >= 4 is 17.4 Å². The molecule has 2 aromatic carbocycles. The molecule has 0 aromatic heterocycles. The van der Waals surface area contributed by atoms with E-state index < -0.39 is 0 Å². The number of amides is 1. The van der Waals surface area contributed by atoms with Crippen LogP contribution in [0.4, 0.5) is 5.69 Å². The summed E-state index contributed by atoms with van der Waals surface area (Å²) in [5, 5.41) is 2.85. The Bertz CT molecular complexity index is 722. The summed E-state index contributed by atoms with van der Waals surface area (Å²) in [4.78, 5) is 24.3. The van der Waals surface area contributed by atoms with Crippen molar-refractivity contribution in [3.63, 3.8) is 0 Å². The van der Waals surface area contributed by atoms with Crippen molar-refractivity contribution in [1.29, 1.82) is 0 Å². The van der Waals surface area contributed by atoms with E-state index in [0.29, 0.717) is 12.2 Å². The number of hydrogen-bond acceptors (Lipinski definition) is 3. The number of aryl methyl sites for hydroxylation is 1. The second-order valence-corrected chi connectivity index (χ2v) is 6.37. The fraction of sp³-hybridized carbons (Fsp3) is 0.364. The highest BCUT2D eigenvalue weighted by molar-refractivity contribution is 6.00. The highest BCUT2D eigenvalue weighted by Gasteiger charge is 2.10. The molecule has 0 saturated carbocycles. The van der Waals surface area contributed by atoms with Gasteiger partial charge in [-0.15, -0.1) is 0 Å². The van der Waals surface area contributed by atoms with Crippen LogP contribution < -0.4 is 10.1 Å². The van der Waals surface area contributed by atoms with Gasteiger partial charge in [0.05, 0.1) is 6.61 Å². The van der Waals surface area contributed by atoms with Crippen LogP contribution in [0.15, 0.2) is 48.5 Å². The molecule has 2 aromatic rings. The zero-order chi connectivity index (χ0) is 18.8. The zero-order valence-corrected chi connectivity index (χ0v) is 15.6. The molecule has 1 amide bonds. The van der Waals surface area contributed by atoms with E-state index in [0.717, 1.165) is 36.3 Å². The number of ether oxygens (including phenoxy) is 1. The molecular formula is C22H27NO3. The predicted molar refractivity (Wildman–Crippen MR) is 105 cm³/mol. The largest absolute Gasteiger partial charge is 0.494 e. The molecule has 0 fully saturated rings. The number of para-hydroxylation sites is 1. The Balaban J connectivity index is 1.78. The van der Waals surface area contributed by atoms with Crippen molar-refractivity contribution < 1.29 is 14.3 Å². The molecule has 4 nitrogen and oxygen atoms in total. The topological polar surface area (TPSA) is 55.4 Å². The van der Waals surface area contributed by atoms with Crippen LogP contribution in [-0.4, -0.2) is 18.3 Å². The number of Topliss-reactive ketones (excluding diaryl/α,β-unsaturated/α-hetero) is 1. The second kappa shape index (κ2) is 10.4. The van der Waals surface area contributed by atoms with Crippen molar-refractivity contribution in [2.75, 3.05) is 11.9 Å². The van der Waals surface area contributed by atoms with Gasteiger partial charge in [0.2, 0.25) is 5.91 Å². The summed E-state index contributed by atoms with van der Waals surface area (Å²) in [6.45, 7) is 4.79. The van der Waals surface area contributed by atoms with Crippen LogP contribution in [0.25, 0.3) is 0 Å². The van der Waals surface area contributed by atoms with Gasteiger partial charge < -0.3 is 10.1 Å². The monoisotopic (exact) mass is 353 g/mol. The summed E-state index contributed by atoms with van der Waals surface area (Å²) in [7, 11) is 0. The molecule has 0 heterocycles. The normalized spacial score (nSPS) is 10.4. The van der Waals surface area contributed by atoms with Crippen molar-refractivity contribution in [1.82, 2.24) is 0 Å². The SMILES string of the molecule is CCCCCOc1ccc(C(=O)CCC(=O)Nc2ccccc2C)cc1. The van der Waals surface area contributed by atoms with Crippen LogP contribution >= 0.6 is 0 Å². The highest BCUT2D eigenvalue weighted by Crippen LogP contribution is 2.16. The number of rotatable bonds is 10. The van der Waals surface area contributed by atoms with Gasteiger partial charge in [0.1, 0.15) is 5.75 Å². The number of unbranched alkanes of at least 4 members (excludes halogenated alkanes) is 2. The average Bonchev–Trinajstić information content (AvgIpc) is 2.66. The fourth-order valence-corrected chi connectivity index (χ4v) is 2.58. The molecule has 0 unspecified atom stereocenters. The minimum absolute atomic E-state index is 0.0394. The molecule has 4 heteroatoms. The van der Waals surface area contributed by atoms with Crippen LogP contribution in [0.1, 0.15) is 54.9 Å². The average molecular weight is 353 g/mol. The summed E-state index contributed by atoms with van der Waals surface area (Å²) < 4.78 is 5.64. The van der Waals surface area contributed by atoms with E-state index >= 15 is 0 Å². The molecule has 0 spiro atoms. The Morgan fingerprint density at radius 2 is 1.69 bits per heavy atom. The van der Waals surface area contributed by atoms with E-state index in [1.54, 1.807) is 12.1 Å². The first kappa shape index (κ1) is 19.7. The van der Waals surface area contributed by atoms with Crippen molar-refractivity contribution in [3.05, 3.63) is 59.7 Å². The molecule has 2 rings (SSSR count).